The van der Waals surface area contributed by atoms with Gasteiger partial charge in [-0.15, -0.1) is 0 Å². The molecule has 0 aliphatic heterocycles. The first kappa shape index (κ1) is 29.5. The first-order chi connectivity index (χ1) is 19.1. The van der Waals surface area contributed by atoms with Crippen LogP contribution in [0.5, 0.6) is 11.6 Å². The lowest BCUT2D eigenvalue weighted by Crippen LogP contribution is -2.50. The molecule has 0 spiro atoms. The summed E-state index contributed by atoms with van der Waals surface area (Å²) < 4.78 is 12.6. The van der Waals surface area contributed by atoms with Gasteiger partial charge in [0.05, 0.1) is 12.6 Å². The van der Waals surface area contributed by atoms with Crippen molar-refractivity contribution in [3.63, 3.8) is 0 Å². The number of carbonyl (C=O) groups is 1. The normalized spacial score (nSPS) is 12.0. The van der Waals surface area contributed by atoms with Crippen LogP contribution in [0.3, 0.4) is 0 Å². The van der Waals surface area contributed by atoms with Crippen LogP contribution in [0.25, 0.3) is 22.0 Å². The fourth-order valence-corrected chi connectivity index (χ4v) is 11.5. The molecule has 0 N–H and O–H groups in total. The van der Waals surface area contributed by atoms with Gasteiger partial charge in [0, 0.05) is 22.6 Å². The number of hydrogen-bond acceptors (Lipinski definition) is 4. The zero-order valence-electron chi connectivity index (χ0n) is 25.2. The molecule has 0 radical (unpaired) electrons. The van der Waals surface area contributed by atoms with Gasteiger partial charge in [-0.2, -0.15) is 0 Å². The van der Waals surface area contributed by atoms with E-state index in [1.165, 1.54) is 5.56 Å². The lowest BCUT2D eigenvalue weighted by atomic mass is 9.95. The molecule has 3 aromatic carbocycles. The van der Waals surface area contributed by atoms with Crippen LogP contribution in [-0.2, 0) is 6.42 Å². The molecule has 0 atom stereocenters. The van der Waals surface area contributed by atoms with Gasteiger partial charge in [-0.1, -0.05) is 85.2 Å². The van der Waals surface area contributed by atoms with Gasteiger partial charge < -0.3 is 9.16 Å². The summed E-state index contributed by atoms with van der Waals surface area (Å²) in [7, 11) is -0.486. The predicted molar refractivity (Wildman–Crippen MR) is 169 cm³/mol. The quantitative estimate of drug-likeness (QED) is 0.137. The van der Waals surface area contributed by atoms with Crippen molar-refractivity contribution in [2.45, 2.75) is 77.9 Å². The first-order valence-electron chi connectivity index (χ1n) is 14.5. The van der Waals surface area contributed by atoms with E-state index in [1.807, 2.05) is 42.5 Å². The lowest BCUT2D eigenvalue weighted by molar-refractivity contribution is 0.103. The summed E-state index contributed by atoms with van der Waals surface area (Å²) in [5, 5.41) is 0.911. The van der Waals surface area contributed by atoms with Gasteiger partial charge in [-0.25, -0.2) is 4.98 Å². The van der Waals surface area contributed by atoms with Crippen LogP contribution < -0.4 is 9.16 Å². The van der Waals surface area contributed by atoms with E-state index in [2.05, 4.69) is 83.8 Å². The molecule has 1 aromatic heterocycles. The third kappa shape index (κ3) is 5.85. The lowest BCUT2D eigenvalue weighted by Gasteiger charge is -2.42. The van der Waals surface area contributed by atoms with Crippen LogP contribution in [0.15, 0.2) is 72.8 Å². The first-order valence-corrected chi connectivity index (χ1v) is 16.7. The minimum atomic E-state index is -2.12. The SMILES string of the molecule is CCCc1cccc(C(=O)c2ccc3nc(OC)cc(-c4cccc(O[Si](C(C)C)(C(C)C)C(C)C)c4)c3c2)c1. The minimum Gasteiger partial charge on any atom is -0.543 e. The van der Waals surface area contributed by atoms with Crippen molar-refractivity contribution in [3.05, 3.63) is 89.5 Å². The van der Waals surface area contributed by atoms with Crippen LogP contribution >= 0.6 is 0 Å². The third-order valence-corrected chi connectivity index (χ3v) is 14.1. The predicted octanol–water partition coefficient (Wildman–Crippen LogP) is 9.65. The zero-order valence-corrected chi connectivity index (χ0v) is 26.2. The molecule has 4 aromatic rings. The molecular formula is C35H43NO3Si. The molecular weight excluding hydrogens is 510 g/mol. The number of aromatic nitrogens is 1. The molecule has 0 aliphatic rings. The third-order valence-electron chi connectivity index (χ3n) is 8.13. The Hall–Kier alpha value is -3.44. The maximum Gasteiger partial charge on any atom is 0.258 e. The van der Waals surface area contributed by atoms with Crippen molar-refractivity contribution in [1.29, 1.82) is 0 Å². The van der Waals surface area contributed by atoms with Gasteiger partial charge in [0.2, 0.25) is 5.88 Å². The van der Waals surface area contributed by atoms with Crippen LogP contribution in [0.4, 0.5) is 0 Å². The molecule has 0 aliphatic carbocycles. The van der Waals surface area contributed by atoms with E-state index < -0.39 is 8.32 Å². The Labute approximate surface area is 240 Å². The molecule has 0 bridgehead atoms. The van der Waals surface area contributed by atoms with Crippen LogP contribution in [0.1, 0.15) is 76.4 Å². The Morgan fingerprint density at radius 2 is 1.50 bits per heavy atom. The van der Waals surface area contributed by atoms with E-state index in [4.69, 9.17) is 9.16 Å². The highest BCUT2D eigenvalue weighted by Gasteiger charge is 2.47. The van der Waals surface area contributed by atoms with Crippen molar-refractivity contribution in [1.82, 2.24) is 4.98 Å². The Kier molecular flexibility index (Phi) is 9.14. The highest BCUT2D eigenvalue weighted by Crippen LogP contribution is 2.43. The highest BCUT2D eigenvalue weighted by atomic mass is 28.4. The number of aryl methyl sites for hydroxylation is 1. The summed E-state index contributed by atoms with van der Waals surface area (Å²) >= 11 is 0. The Bertz CT molecular complexity index is 1470. The second-order valence-electron chi connectivity index (χ2n) is 11.7. The number of hydrogen-bond donors (Lipinski definition) is 0. The summed E-state index contributed by atoms with van der Waals surface area (Å²) in [5.74, 6) is 1.44. The summed E-state index contributed by atoms with van der Waals surface area (Å²) in [6.45, 7) is 15.9. The Morgan fingerprint density at radius 1 is 0.825 bits per heavy atom. The van der Waals surface area contributed by atoms with Crippen LogP contribution in [0.2, 0.25) is 16.6 Å². The number of nitrogens with zero attached hydrogens (tertiary/aromatic N) is 1. The van der Waals surface area contributed by atoms with Gasteiger partial charge in [0.25, 0.3) is 8.32 Å². The number of pyridine rings is 1. The monoisotopic (exact) mass is 553 g/mol. The molecule has 0 saturated heterocycles. The maximum atomic E-state index is 13.6. The molecule has 0 amide bonds. The molecule has 4 nitrogen and oxygen atoms in total. The molecule has 40 heavy (non-hydrogen) atoms. The van der Waals surface area contributed by atoms with Crippen molar-refractivity contribution in [3.8, 4) is 22.8 Å². The van der Waals surface area contributed by atoms with Crippen molar-refractivity contribution in [2.24, 2.45) is 0 Å². The van der Waals surface area contributed by atoms with E-state index in [0.29, 0.717) is 33.6 Å². The molecule has 5 heteroatoms. The van der Waals surface area contributed by atoms with E-state index in [0.717, 1.165) is 40.6 Å². The van der Waals surface area contributed by atoms with Gasteiger partial charge in [-0.3, -0.25) is 4.79 Å². The van der Waals surface area contributed by atoms with Crippen molar-refractivity contribution < 1.29 is 14.0 Å². The standard InChI is InChI=1S/C35H43NO3Si/c1-9-12-26-13-10-15-28(19-26)35(37)29-17-18-33-32(21-29)31(22-34(36-33)38-8)27-14-11-16-30(20-27)39-40(23(2)3,24(4)5)25(6)7/h10-11,13-25H,9,12H2,1-8H3. The molecule has 0 saturated carbocycles. The van der Waals surface area contributed by atoms with Gasteiger partial charge in [0.1, 0.15) is 5.75 Å². The topological polar surface area (TPSA) is 48.4 Å². The van der Waals surface area contributed by atoms with Gasteiger partial charge in [0.15, 0.2) is 5.78 Å². The van der Waals surface area contributed by atoms with Crippen LogP contribution in [0, 0.1) is 0 Å². The zero-order chi connectivity index (χ0) is 29.0. The number of carbonyl (C=O) groups excluding carboxylic acids is 1. The van der Waals surface area contributed by atoms with Crippen LogP contribution in [-0.4, -0.2) is 26.2 Å². The molecule has 1 heterocycles. The van der Waals surface area contributed by atoms with Gasteiger partial charge in [-0.05, 0) is 76.1 Å². The Balaban J connectivity index is 1.81. The second-order valence-corrected chi connectivity index (χ2v) is 17.0. The largest absolute Gasteiger partial charge is 0.543 e. The van der Waals surface area contributed by atoms with Gasteiger partial charge >= 0.3 is 0 Å². The van der Waals surface area contributed by atoms with E-state index >= 15 is 0 Å². The second kappa shape index (κ2) is 12.4. The molecule has 0 unspecified atom stereocenters. The van der Waals surface area contributed by atoms with E-state index in [1.54, 1.807) is 7.11 Å². The number of ketones is 1. The summed E-state index contributed by atoms with van der Waals surface area (Å²) in [5.41, 5.74) is 6.72. The Morgan fingerprint density at radius 3 is 2.15 bits per heavy atom. The van der Waals surface area contributed by atoms with E-state index in [9.17, 15) is 4.79 Å². The number of rotatable bonds is 11. The average molecular weight is 554 g/mol. The number of methoxy groups -OCH3 is 1. The summed E-state index contributed by atoms with van der Waals surface area (Å²) in [6, 6.07) is 24.0. The van der Waals surface area contributed by atoms with Crippen molar-refractivity contribution in [2.75, 3.05) is 7.11 Å². The number of ether oxygens (including phenoxy) is 1. The summed E-state index contributed by atoms with van der Waals surface area (Å²) in [6.07, 6.45) is 2.00. The maximum absolute atomic E-state index is 13.6. The molecule has 0 fully saturated rings. The molecule has 210 valence electrons. The van der Waals surface area contributed by atoms with E-state index in [-0.39, 0.29) is 5.78 Å². The van der Waals surface area contributed by atoms with Crippen molar-refractivity contribution >= 4 is 25.0 Å². The summed E-state index contributed by atoms with van der Waals surface area (Å²) in [4.78, 5) is 18.2. The molecule has 4 rings (SSSR count). The fourth-order valence-electron chi connectivity index (χ4n) is 6.29. The average Bonchev–Trinajstić information content (AvgIpc) is 2.94. The fraction of sp³-hybridized carbons (Fsp3) is 0.371. The minimum absolute atomic E-state index is 0.0142. The number of fused-ring (bicyclic) bond motifs is 1. The highest BCUT2D eigenvalue weighted by molar-refractivity contribution is 6.78. The smallest absolute Gasteiger partial charge is 0.258 e. The number of benzene rings is 3.